The number of rotatable bonds is 8. The van der Waals surface area contributed by atoms with Gasteiger partial charge in [-0.2, -0.15) is 0 Å². The molecule has 0 saturated heterocycles. The second-order valence-corrected chi connectivity index (χ2v) is 12.1. The van der Waals surface area contributed by atoms with E-state index in [1.807, 2.05) is 41.6 Å². The fourth-order valence-corrected chi connectivity index (χ4v) is 6.37. The van der Waals surface area contributed by atoms with Crippen LogP contribution in [-0.4, -0.2) is 47.5 Å². The maximum Gasteiger partial charge on any atom is 0.242 e. The smallest absolute Gasteiger partial charge is 0.242 e. The summed E-state index contributed by atoms with van der Waals surface area (Å²) in [7, 11) is 1.37. The van der Waals surface area contributed by atoms with E-state index in [4.69, 9.17) is 0 Å². The van der Waals surface area contributed by atoms with Crippen LogP contribution in [0.1, 0.15) is 37.9 Å². The number of aromatic nitrogens is 2. The molecule has 3 aromatic rings. The zero-order chi connectivity index (χ0) is 23.6. The lowest BCUT2D eigenvalue weighted by Gasteiger charge is -2.14. The zero-order valence-electron chi connectivity index (χ0n) is 19.2. The predicted octanol–water partition coefficient (Wildman–Crippen LogP) is 4.43. The molecule has 1 amide bonds. The van der Waals surface area contributed by atoms with Crippen LogP contribution in [0.4, 0.5) is 5.69 Å². The fourth-order valence-electron chi connectivity index (χ4n) is 4.12. The van der Waals surface area contributed by atoms with E-state index in [0.29, 0.717) is 23.6 Å². The lowest BCUT2D eigenvalue weighted by Crippen LogP contribution is -2.22. The first-order valence-electron chi connectivity index (χ1n) is 11.2. The van der Waals surface area contributed by atoms with Crippen molar-refractivity contribution < 1.29 is 13.2 Å². The van der Waals surface area contributed by atoms with Crippen molar-refractivity contribution in [1.29, 1.82) is 0 Å². The molecule has 1 N–H and O–H groups in total. The number of sulfonamides is 1. The highest BCUT2D eigenvalue weighted by atomic mass is 32.2. The van der Waals surface area contributed by atoms with E-state index in [2.05, 4.69) is 16.4 Å². The van der Waals surface area contributed by atoms with Gasteiger partial charge in [0.05, 0.1) is 21.6 Å². The van der Waals surface area contributed by atoms with Crippen LogP contribution in [0.15, 0.2) is 52.3 Å². The van der Waals surface area contributed by atoms with Gasteiger partial charge in [0.15, 0.2) is 0 Å². The van der Waals surface area contributed by atoms with Crippen LogP contribution in [0.5, 0.6) is 0 Å². The van der Waals surface area contributed by atoms with Crippen LogP contribution in [0, 0.1) is 0 Å². The Kier molecular flexibility index (Phi) is 7.11. The summed E-state index contributed by atoms with van der Waals surface area (Å²) in [5, 5.41) is 3.70. The van der Waals surface area contributed by atoms with Crippen LogP contribution in [-0.2, 0) is 28.3 Å². The van der Waals surface area contributed by atoms with E-state index in [9.17, 15) is 13.2 Å². The fraction of sp³-hybridized carbons (Fsp3) is 0.417. The lowest BCUT2D eigenvalue weighted by molar-refractivity contribution is -0.116. The van der Waals surface area contributed by atoms with Gasteiger partial charge in [0.2, 0.25) is 15.9 Å². The number of anilines is 1. The van der Waals surface area contributed by atoms with Crippen LogP contribution < -0.4 is 5.32 Å². The number of para-hydroxylation sites is 1. The van der Waals surface area contributed by atoms with E-state index < -0.39 is 10.0 Å². The van der Waals surface area contributed by atoms with Gasteiger partial charge in [-0.15, -0.1) is 11.8 Å². The van der Waals surface area contributed by atoms with E-state index >= 15 is 0 Å². The molecule has 0 radical (unpaired) electrons. The van der Waals surface area contributed by atoms with Crippen molar-refractivity contribution in [3.05, 3.63) is 48.3 Å². The van der Waals surface area contributed by atoms with Crippen molar-refractivity contribution in [3.8, 4) is 0 Å². The van der Waals surface area contributed by atoms with Gasteiger partial charge in [-0.25, -0.2) is 17.7 Å². The van der Waals surface area contributed by atoms with Gasteiger partial charge in [0.1, 0.15) is 5.82 Å². The highest BCUT2D eigenvalue weighted by Crippen LogP contribution is 2.38. The molecule has 1 fully saturated rings. The molecule has 7 nitrogen and oxygen atoms in total. The molecular weight excluding hydrogens is 456 g/mol. The molecular formula is C24H30N4O3S2. The standard InChI is InChI=1S/C24H30N4O3S2/c1-27(2)33(30,31)18-12-13-21-20(16-18)25-23(28(21)3)14-15-24(29)26-19-10-6-7-11-22(19)32-17-8-4-5-9-17/h6-7,10-13,16-17H,4-5,8-9,14-15H2,1-3H3,(H,26,29). The maximum absolute atomic E-state index is 12.7. The Morgan fingerprint density at radius 1 is 1.18 bits per heavy atom. The molecule has 2 aromatic carbocycles. The van der Waals surface area contributed by atoms with Crippen LogP contribution in [0.25, 0.3) is 11.0 Å². The van der Waals surface area contributed by atoms with Gasteiger partial charge in [-0.3, -0.25) is 4.79 Å². The summed E-state index contributed by atoms with van der Waals surface area (Å²) in [4.78, 5) is 18.7. The number of imidazole rings is 1. The number of nitrogens with one attached hydrogen (secondary N) is 1. The van der Waals surface area contributed by atoms with Crippen molar-refractivity contribution in [2.45, 2.75) is 53.6 Å². The number of aryl methyl sites for hydroxylation is 2. The number of carbonyl (C=O) groups is 1. The Balaban J connectivity index is 1.44. The van der Waals surface area contributed by atoms with Crippen molar-refractivity contribution in [3.63, 3.8) is 0 Å². The van der Waals surface area contributed by atoms with Gasteiger partial charge in [0.25, 0.3) is 0 Å². The van der Waals surface area contributed by atoms with Crippen molar-refractivity contribution in [2.75, 3.05) is 19.4 Å². The second-order valence-electron chi connectivity index (χ2n) is 8.59. The molecule has 0 aliphatic heterocycles. The molecule has 0 spiro atoms. The summed E-state index contributed by atoms with van der Waals surface area (Å²) < 4.78 is 28.0. The van der Waals surface area contributed by atoms with E-state index in [0.717, 1.165) is 21.9 Å². The largest absolute Gasteiger partial charge is 0.331 e. The van der Waals surface area contributed by atoms with E-state index in [1.54, 1.807) is 18.2 Å². The first-order chi connectivity index (χ1) is 15.8. The molecule has 1 heterocycles. The minimum atomic E-state index is -3.53. The minimum absolute atomic E-state index is 0.0580. The highest BCUT2D eigenvalue weighted by Gasteiger charge is 2.20. The normalized spacial score (nSPS) is 14.9. The summed E-state index contributed by atoms with van der Waals surface area (Å²) in [5.41, 5.74) is 2.30. The van der Waals surface area contributed by atoms with Crippen LogP contribution >= 0.6 is 11.8 Å². The molecule has 176 valence electrons. The number of thioether (sulfide) groups is 1. The summed E-state index contributed by atoms with van der Waals surface area (Å²) in [5.74, 6) is 0.686. The summed E-state index contributed by atoms with van der Waals surface area (Å²) >= 11 is 1.86. The molecule has 4 rings (SSSR count). The third kappa shape index (κ3) is 5.26. The third-order valence-corrected chi connectivity index (χ3v) is 9.28. The first-order valence-corrected chi connectivity index (χ1v) is 13.5. The van der Waals surface area contributed by atoms with Gasteiger partial charge in [-0.1, -0.05) is 25.0 Å². The number of amides is 1. The molecule has 1 aromatic heterocycles. The Bertz CT molecular complexity index is 1260. The summed E-state index contributed by atoms with van der Waals surface area (Å²) in [6, 6.07) is 12.9. The molecule has 9 heteroatoms. The number of benzene rings is 2. The number of hydrogen-bond acceptors (Lipinski definition) is 5. The highest BCUT2D eigenvalue weighted by molar-refractivity contribution is 8.00. The van der Waals surface area contributed by atoms with Crippen LogP contribution in [0.2, 0.25) is 0 Å². The monoisotopic (exact) mass is 486 g/mol. The molecule has 0 bridgehead atoms. The van der Waals surface area contributed by atoms with Crippen molar-refractivity contribution in [1.82, 2.24) is 13.9 Å². The Morgan fingerprint density at radius 2 is 1.91 bits per heavy atom. The number of nitrogens with zero attached hydrogens (tertiary/aromatic N) is 3. The molecule has 1 saturated carbocycles. The van der Waals surface area contributed by atoms with E-state index in [1.165, 1.54) is 44.1 Å². The average Bonchev–Trinajstić information content (AvgIpc) is 3.41. The molecule has 0 unspecified atom stereocenters. The quantitative estimate of drug-likeness (QED) is 0.509. The minimum Gasteiger partial charge on any atom is -0.331 e. The number of fused-ring (bicyclic) bond motifs is 1. The van der Waals surface area contributed by atoms with Crippen molar-refractivity contribution in [2.24, 2.45) is 7.05 Å². The third-order valence-electron chi connectivity index (χ3n) is 6.06. The summed E-state index contributed by atoms with van der Waals surface area (Å²) in [6.45, 7) is 0. The average molecular weight is 487 g/mol. The van der Waals surface area contributed by atoms with Gasteiger partial charge >= 0.3 is 0 Å². The molecule has 1 aliphatic carbocycles. The van der Waals surface area contributed by atoms with Crippen LogP contribution in [0.3, 0.4) is 0 Å². The maximum atomic E-state index is 12.7. The Hall–Kier alpha value is -2.36. The molecule has 1 aliphatic rings. The van der Waals surface area contributed by atoms with Gasteiger partial charge < -0.3 is 9.88 Å². The zero-order valence-corrected chi connectivity index (χ0v) is 20.9. The topological polar surface area (TPSA) is 84.3 Å². The summed E-state index contributed by atoms with van der Waals surface area (Å²) in [6.07, 6.45) is 5.79. The Labute approximate surface area is 199 Å². The predicted molar refractivity (Wildman–Crippen MR) is 133 cm³/mol. The Morgan fingerprint density at radius 3 is 2.64 bits per heavy atom. The number of hydrogen-bond donors (Lipinski definition) is 1. The SMILES string of the molecule is CN(C)S(=O)(=O)c1ccc2c(c1)nc(CCC(=O)Nc1ccccc1SC1CCCC1)n2C. The van der Waals surface area contributed by atoms with Crippen molar-refractivity contribution >= 4 is 44.4 Å². The van der Waals surface area contributed by atoms with Gasteiger partial charge in [0, 0.05) is 44.1 Å². The molecule has 33 heavy (non-hydrogen) atoms. The number of carbonyl (C=O) groups excluding carboxylic acids is 1. The first kappa shape index (κ1) is 23.8. The van der Waals surface area contributed by atoms with E-state index in [-0.39, 0.29) is 10.8 Å². The lowest BCUT2D eigenvalue weighted by atomic mass is 10.2. The molecule has 0 atom stereocenters. The van der Waals surface area contributed by atoms with Gasteiger partial charge in [-0.05, 0) is 43.2 Å². The second kappa shape index (κ2) is 9.87.